The Kier molecular flexibility index (Phi) is 5.77. The minimum absolute atomic E-state index is 0.127. The lowest BCUT2D eigenvalue weighted by Gasteiger charge is -2.57. The summed E-state index contributed by atoms with van der Waals surface area (Å²) in [5.41, 5.74) is 6.42. The third-order valence-electron chi connectivity index (χ3n) is 10.9. The Morgan fingerprint density at radius 1 is 0.923 bits per heavy atom. The lowest BCUT2D eigenvalue weighted by atomic mass is 9.48. The largest absolute Gasteiger partial charge is 0.302 e. The van der Waals surface area contributed by atoms with Crippen molar-refractivity contribution in [3.63, 3.8) is 0 Å². The van der Waals surface area contributed by atoms with Gasteiger partial charge in [-0.3, -0.25) is 4.18 Å². The van der Waals surface area contributed by atoms with Crippen molar-refractivity contribution in [3.8, 4) is 0 Å². The molecule has 2 aromatic carbocycles. The highest BCUT2D eigenvalue weighted by Gasteiger charge is 2.57. The molecule has 6 heteroatoms. The summed E-state index contributed by atoms with van der Waals surface area (Å²) in [6.07, 6.45) is 13.8. The van der Waals surface area contributed by atoms with Crippen molar-refractivity contribution in [3.05, 3.63) is 78.1 Å². The van der Waals surface area contributed by atoms with Gasteiger partial charge in [-0.25, -0.2) is 4.98 Å². The van der Waals surface area contributed by atoms with E-state index in [2.05, 4.69) is 54.8 Å². The van der Waals surface area contributed by atoms with Crippen molar-refractivity contribution in [1.29, 1.82) is 0 Å². The smallest absolute Gasteiger partial charge is 0.297 e. The highest BCUT2D eigenvalue weighted by atomic mass is 32.2. The molecule has 1 heterocycles. The van der Waals surface area contributed by atoms with E-state index in [9.17, 15) is 8.42 Å². The molecular formula is C33H38N2O3S. The molecule has 0 aliphatic heterocycles. The Morgan fingerprint density at radius 2 is 1.69 bits per heavy atom. The first-order valence-corrected chi connectivity index (χ1v) is 15.9. The summed E-state index contributed by atoms with van der Waals surface area (Å²) in [5, 5.41) is 0. The van der Waals surface area contributed by atoms with Crippen LogP contribution in [-0.4, -0.2) is 24.1 Å². The molecular weight excluding hydrogens is 504 g/mol. The van der Waals surface area contributed by atoms with E-state index in [-0.39, 0.29) is 21.8 Å². The quantitative estimate of drug-likeness (QED) is 0.252. The monoisotopic (exact) mass is 542 g/mol. The number of para-hydroxylation sites is 2. The number of fused-ring (bicyclic) bond motifs is 6. The highest BCUT2D eigenvalue weighted by Crippen LogP contribution is 2.65. The first-order valence-electron chi connectivity index (χ1n) is 14.5. The van der Waals surface area contributed by atoms with Gasteiger partial charge in [-0.1, -0.05) is 61.4 Å². The van der Waals surface area contributed by atoms with Crippen LogP contribution in [0.5, 0.6) is 0 Å². The van der Waals surface area contributed by atoms with Crippen LogP contribution < -0.4 is 0 Å². The lowest BCUT2D eigenvalue weighted by Crippen LogP contribution is -2.50. The van der Waals surface area contributed by atoms with Crippen LogP contribution in [0.4, 0.5) is 0 Å². The van der Waals surface area contributed by atoms with Gasteiger partial charge in [0.1, 0.15) is 6.33 Å². The molecule has 6 atom stereocenters. The summed E-state index contributed by atoms with van der Waals surface area (Å²) in [4.78, 5) is 4.94. The molecule has 2 saturated carbocycles. The maximum Gasteiger partial charge on any atom is 0.297 e. The van der Waals surface area contributed by atoms with E-state index in [0.29, 0.717) is 17.8 Å². The minimum atomic E-state index is -3.76. The van der Waals surface area contributed by atoms with Gasteiger partial charge in [0.05, 0.1) is 22.0 Å². The Bertz CT molecular complexity index is 1600. The molecule has 7 rings (SSSR count). The van der Waals surface area contributed by atoms with Crippen LogP contribution in [0.3, 0.4) is 0 Å². The average Bonchev–Trinajstić information content (AvgIpc) is 3.49. The van der Waals surface area contributed by atoms with Crippen LogP contribution in [0.1, 0.15) is 64.4 Å². The lowest BCUT2D eigenvalue weighted by molar-refractivity contribution is -0.0217. The molecule has 0 bridgehead atoms. The van der Waals surface area contributed by atoms with E-state index in [4.69, 9.17) is 9.17 Å². The van der Waals surface area contributed by atoms with Gasteiger partial charge in [-0.2, -0.15) is 8.42 Å². The van der Waals surface area contributed by atoms with Crippen LogP contribution in [0.25, 0.3) is 16.7 Å². The molecule has 2 fully saturated rings. The van der Waals surface area contributed by atoms with Crippen molar-refractivity contribution >= 4 is 26.8 Å². The molecule has 0 amide bonds. The van der Waals surface area contributed by atoms with Crippen molar-refractivity contribution in [2.45, 2.75) is 76.7 Å². The van der Waals surface area contributed by atoms with Gasteiger partial charge in [0.25, 0.3) is 10.1 Å². The van der Waals surface area contributed by atoms with Gasteiger partial charge in [0, 0.05) is 11.1 Å². The number of imidazole rings is 1. The normalized spacial score (nSPS) is 34.1. The Balaban J connectivity index is 1.11. The van der Waals surface area contributed by atoms with Crippen molar-refractivity contribution in [1.82, 2.24) is 9.55 Å². The van der Waals surface area contributed by atoms with Gasteiger partial charge in [0.15, 0.2) is 0 Å². The van der Waals surface area contributed by atoms with Crippen LogP contribution >= 0.6 is 0 Å². The third kappa shape index (κ3) is 3.89. The average molecular weight is 543 g/mol. The number of hydrogen-bond donors (Lipinski definition) is 0. The van der Waals surface area contributed by atoms with E-state index in [0.717, 1.165) is 43.2 Å². The first kappa shape index (κ1) is 25.3. The van der Waals surface area contributed by atoms with Gasteiger partial charge in [-0.15, -0.1) is 0 Å². The fourth-order valence-electron chi connectivity index (χ4n) is 8.72. The Labute approximate surface area is 232 Å². The predicted octanol–water partition coefficient (Wildman–Crippen LogP) is 7.53. The number of allylic oxidation sites excluding steroid dienone is 3. The highest BCUT2D eigenvalue weighted by molar-refractivity contribution is 7.86. The van der Waals surface area contributed by atoms with Gasteiger partial charge < -0.3 is 4.57 Å². The van der Waals surface area contributed by atoms with Crippen molar-refractivity contribution < 1.29 is 12.6 Å². The number of aryl methyl sites for hydroxylation is 1. The molecule has 4 aliphatic carbocycles. The van der Waals surface area contributed by atoms with E-state index in [1.165, 1.54) is 29.6 Å². The van der Waals surface area contributed by atoms with Crippen LogP contribution in [0.15, 0.2) is 77.5 Å². The van der Waals surface area contributed by atoms with E-state index < -0.39 is 10.1 Å². The number of aromatic nitrogens is 2. The van der Waals surface area contributed by atoms with E-state index in [1.54, 1.807) is 12.1 Å². The number of benzene rings is 2. The van der Waals surface area contributed by atoms with E-state index >= 15 is 0 Å². The molecule has 0 N–H and O–H groups in total. The summed E-state index contributed by atoms with van der Waals surface area (Å²) >= 11 is 0. The number of rotatable bonds is 4. The zero-order valence-corrected chi connectivity index (χ0v) is 24.0. The zero-order chi connectivity index (χ0) is 27.0. The standard InChI is InChI=1S/C33H38N2O3S/c1-22-8-11-25(12-9-22)39(36,37)38-24-16-18-32(2)23(20-24)10-13-26-27-14-15-31(33(27,3)19-17-28(26)32)35-21-34-29-6-4-5-7-30(29)35/h4-12,15,21,24,26-28H,13-14,16-20H2,1-3H3/t24-,26-,27-,28-,32-,33-/m0/s1. The second-order valence-electron chi connectivity index (χ2n) is 12.9. The molecule has 1 aromatic heterocycles. The second-order valence-corrected chi connectivity index (χ2v) is 14.4. The number of nitrogens with zero attached hydrogens (tertiary/aromatic N) is 2. The first-order chi connectivity index (χ1) is 18.7. The summed E-state index contributed by atoms with van der Waals surface area (Å²) in [5.74, 6) is 1.91. The fourth-order valence-corrected chi connectivity index (χ4v) is 9.82. The molecule has 5 nitrogen and oxygen atoms in total. The van der Waals surface area contributed by atoms with Crippen LogP contribution in [0.2, 0.25) is 0 Å². The molecule has 0 spiro atoms. The minimum Gasteiger partial charge on any atom is -0.302 e. The molecule has 204 valence electrons. The summed E-state index contributed by atoms with van der Waals surface area (Å²) in [7, 11) is -3.76. The van der Waals surface area contributed by atoms with Gasteiger partial charge in [-0.05, 0) is 99.3 Å². The van der Waals surface area contributed by atoms with Gasteiger partial charge in [0.2, 0.25) is 0 Å². The molecule has 39 heavy (non-hydrogen) atoms. The fraction of sp³-hybridized carbons (Fsp3) is 0.485. The SMILES string of the molecule is Cc1ccc(S(=O)(=O)O[C@H]2CC[C@@]3(C)C(=CC[C@@H]4[C@@H]3CC[C@]3(C)C(n5cnc6ccccc65)=CC[C@@H]43)C2)cc1. The number of hydrogen-bond acceptors (Lipinski definition) is 4. The third-order valence-corrected chi connectivity index (χ3v) is 12.3. The summed E-state index contributed by atoms with van der Waals surface area (Å²) in [6, 6.07) is 15.4. The summed E-state index contributed by atoms with van der Waals surface area (Å²) < 4.78 is 34.2. The van der Waals surface area contributed by atoms with E-state index in [1.807, 2.05) is 25.4 Å². The van der Waals surface area contributed by atoms with Gasteiger partial charge >= 0.3 is 0 Å². The molecule has 0 unspecified atom stereocenters. The Hall–Kier alpha value is -2.70. The predicted molar refractivity (Wildman–Crippen MR) is 154 cm³/mol. The molecule has 0 saturated heterocycles. The molecule has 4 aliphatic rings. The van der Waals surface area contributed by atoms with Crippen molar-refractivity contribution in [2.24, 2.45) is 28.6 Å². The van der Waals surface area contributed by atoms with Crippen molar-refractivity contribution in [2.75, 3.05) is 0 Å². The summed E-state index contributed by atoms with van der Waals surface area (Å²) in [6.45, 7) is 6.90. The maximum absolute atomic E-state index is 13.0. The van der Waals surface area contributed by atoms with Crippen LogP contribution in [-0.2, 0) is 14.3 Å². The zero-order valence-electron chi connectivity index (χ0n) is 23.1. The Morgan fingerprint density at radius 3 is 2.51 bits per heavy atom. The topological polar surface area (TPSA) is 61.2 Å². The molecule has 0 radical (unpaired) electrons. The second kappa shape index (κ2) is 8.90. The maximum atomic E-state index is 13.0. The molecule has 3 aromatic rings. The van der Waals surface area contributed by atoms with Crippen LogP contribution in [0, 0.1) is 35.5 Å².